The van der Waals surface area contributed by atoms with E-state index in [0.29, 0.717) is 30.6 Å². The summed E-state index contributed by atoms with van der Waals surface area (Å²) < 4.78 is 29.9. The third-order valence-corrected chi connectivity index (χ3v) is 4.79. The summed E-state index contributed by atoms with van der Waals surface area (Å²) in [7, 11) is 0. The van der Waals surface area contributed by atoms with Crippen molar-refractivity contribution in [2.75, 3.05) is 13.2 Å². The molecule has 0 N–H and O–H groups in total. The molecule has 1 aromatic heterocycles. The smallest absolute Gasteiger partial charge is 0.247 e. The van der Waals surface area contributed by atoms with Gasteiger partial charge in [-0.2, -0.15) is 0 Å². The molecule has 0 aliphatic carbocycles. The maximum Gasteiger partial charge on any atom is 0.247 e. The SMILES string of the molecule is C[C@H](Sc1ccc2c(c1)OCCO2)c1nnc(-c2ccc(F)cc2)o1. The molecule has 1 atom stereocenters. The van der Waals surface area contributed by atoms with Crippen LogP contribution in [0.4, 0.5) is 4.39 Å². The Kier molecular flexibility index (Phi) is 4.31. The Labute approximate surface area is 148 Å². The molecule has 0 fully saturated rings. The molecule has 2 heterocycles. The molecule has 7 heteroatoms. The van der Waals surface area contributed by atoms with Crippen LogP contribution in [0.5, 0.6) is 11.5 Å². The van der Waals surface area contributed by atoms with Crippen LogP contribution in [0.25, 0.3) is 11.5 Å². The van der Waals surface area contributed by atoms with Crippen LogP contribution >= 0.6 is 11.8 Å². The summed E-state index contributed by atoms with van der Waals surface area (Å²) in [5, 5.41) is 8.13. The zero-order valence-corrected chi connectivity index (χ0v) is 14.3. The molecule has 4 rings (SSSR count). The van der Waals surface area contributed by atoms with Crippen LogP contribution in [0, 0.1) is 5.82 Å². The lowest BCUT2D eigenvalue weighted by atomic mass is 10.2. The first-order valence-electron chi connectivity index (χ1n) is 7.85. The predicted octanol–water partition coefficient (Wildman–Crippen LogP) is 4.50. The average Bonchev–Trinajstić information content (AvgIpc) is 3.12. The lowest BCUT2D eigenvalue weighted by molar-refractivity contribution is 0.171. The molecule has 0 radical (unpaired) electrons. The zero-order chi connectivity index (χ0) is 17.2. The van der Waals surface area contributed by atoms with E-state index in [4.69, 9.17) is 13.9 Å². The van der Waals surface area contributed by atoms with Gasteiger partial charge in [0.2, 0.25) is 11.8 Å². The lowest BCUT2D eigenvalue weighted by Crippen LogP contribution is -2.15. The summed E-state index contributed by atoms with van der Waals surface area (Å²) in [6, 6.07) is 11.8. The van der Waals surface area contributed by atoms with Gasteiger partial charge in [0.15, 0.2) is 11.5 Å². The molecule has 1 aliphatic heterocycles. The fraction of sp³-hybridized carbons (Fsp3) is 0.222. The number of aromatic nitrogens is 2. The summed E-state index contributed by atoms with van der Waals surface area (Å²) in [5.74, 6) is 2.11. The number of fused-ring (bicyclic) bond motifs is 1. The largest absolute Gasteiger partial charge is 0.486 e. The van der Waals surface area contributed by atoms with Gasteiger partial charge < -0.3 is 13.9 Å². The topological polar surface area (TPSA) is 57.4 Å². The fourth-order valence-electron chi connectivity index (χ4n) is 2.46. The molecule has 3 aromatic rings. The maximum absolute atomic E-state index is 13.0. The first kappa shape index (κ1) is 16.0. The van der Waals surface area contributed by atoms with E-state index in [1.165, 1.54) is 12.1 Å². The highest BCUT2D eigenvalue weighted by molar-refractivity contribution is 7.99. The first-order valence-corrected chi connectivity index (χ1v) is 8.72. The molecule has 1 aliphatic rings. The lowest BCUT2D eigenvalue weighted by Gasteiger charge is -2.19. The Bertz CT molecular complexity index is 882. The second-order valence-corrected chi connectivity index (χ2v) is 6.93. The number of nitrogens with zero attached hydrogens (tertiary/aromatic N) is 2. The number of thioether (sulfide) groups is 1. The Balaban J connectivity index is 1.50. The molecule has 5 nitrogen and oxygen atoms in total. The van der Waals surface area contributed by atoms with Gasteiger partial charge in [-0.1, -0.05) is 0 Å². The van der Waals surface area contributed by atoms with Gasteiger partial charge in [-0.15, -0.1) is 22.0 Å². The number of benzene rings is 2. The second kappa shape index (κ2) is 6.76. The van der Waals surface area contributed by atoms with Gasteiger partial charge >= 0.3 is 0 Å². The van der Waals surface area contributed by atoms with Crippen LogP contribution in [-0.4, -0.2) is 23.4 Å². The van der Waals surface area contributed by atoms with E-state index in [2.05, 4.69) is 10.2 Å². The van der Waals surface area contributed by atoms with Crippen molar-refractivity contribution in [1.29, 1.82) is 0 Å². The summed E-state index contributed by atoms with van der Waals surface area (Å²) in [4.78, 5) is 1.03. The van der Waals surface area contributed by atoms with E-state index < -0.39 is 0 Å². The zero-order valence-electron chi connectivity index (χ0n) is 13.4. The van der Waals surface area contributed by atoms with E-state index in [1.807, 2.05) is 25.1 Å². The third-order valence-electron chi connectivity index (χ3n) is 3.71. The predicted molar refractivity (Wildman–Crippen MR) is 91.4 cm³/mol. The van der Waals surface area contributed by atoms with Crippen molar-refractivity contribution in [3.63, 3.8) is 0 Å². The minimum atomic E-state index is -0.300. The molecule has 25 heavy (non-hydrogen) atoms. The van der Waals surface area contributed by atoms with Crippen LogP contribution in [-0.2, 0) is 0 Å². The average molecular weight is 358 g/mol. The molecule has 0 saturated carbocycles. The summed E-state index contributed by atoms with van der Waals surface area (Å²) in [6.07, 6.45) is 0. The van der Waals surface area contributed by atoms with E-state index in [9.17, 15) is 4.39 Å². The molecule has 2 aromatic carbocycles. The highest BCUT2D eigenvalue weighted by atomic mass is 32.2. The van der Waals surface area contributed by atoms with E-state index in [1.54, 1.807) is 23.9 Å². The molecule has 0 unspecified atom stereocenters. The molecule has 128 valence electrons. The molecular formula is C18H15FN2O3S. The van der Waals surface area contributed by atoms with Gasteiger partial charge in [0.1, 0.15) is 19.0 Å². The number of ether oxygens (including phenoxy) is 2. The fourth-order valence-corrected chi connectivity index (χ4v) is 3.39. The molecule has 0 bridgehead atoms. The molecule has 0 saturated heterocycles. The van der Waals surface area contributed by atoms with Crippen molar-refractivity contribution in [2.24, 2.45) is 0 Å². The highest BCUT2D eigenvalue weighted by Gasteiger charge is 2.18. The number of hydrogen-bond acceptors (Lipinski definition) is 6. The van der Waals surface area contributed by atoms with Gasteiger partial charge in [0.05, 0.1) is 5.25 Å². The molecule has 0 amide bonds. The Hall–Kier alpha value is -2.54. The normalized spacial score (nSPS) is 14.3. The van der Waals surface area contributed by atoms with Crippen molar-refractivity contribution < 1.29 is 18.3 Å². The van der Waals surface area contributed by atoms with Crippen molar-refractivity contribution in [3.05, 3.63) is 54.2 Å². The maximum atomic E-state index is 13.0. The monoisotopic (exact) mass is 358 g/mol. The quantitative estimate of drug-likeness (QED) is 0.640. The van der Waals surface area contributed by atoms with Crippen molar-refractivity contribution in [1.82, 2.24) is 10.2 Å². The number of rotatable bonds is 4. The van der Waals surface area contributed by atoms with E-state index in [0.717, 1.165) is 16.4 Å². The van der Waals surface area contributed by atoms with Gasteiger partial charge in [-0.05, 0) is 49.4 Å². The third kappa shape index (κ3) is 3.46. The van der Waals surface area contributed by atoms with E-state index >= 15 is 0 Å². The van der Waals surface area contributed by atoms with Crippen LogP contribution in [0.15, 0.2) is 51.8 Å². The number of hydrogen-bond donors (Lipinski definition) is 0. The van der Waals surface area contributed by atoms with Gasteiger partial charge in [-0.25, -0.2) is 4.39 Å². The summed E-state index contributed by atoms with van der Waals surface area (Å²) in [6.45, 7) is 3.12. The van der Waals surface area contributed by atoms with Crippen molar-refractivity contribution in [3.8, 4) is 23.0 Å². The molecular weight excluding hydrogens is 343 g/mol. The Morgan fingerprint density at radius 2 is 1.76 bits per heavy atom. The van der Waals surface area contributed by atoms with Crippen molar-refractivity contribution in [2.45, 2.75) is 17.1 Å². The first-order chi connectivity index (χ1) is 12.2. The van der Waals surface area contributed by atoms with Crippen LogP contribution in [0.3, 0.4) is 0 Å². The summed E-state index contributed by atoms with van der Waals surface area (Å²) >= 11 is 1.59. The highest BCUT2D eigenvalue weighted by Crippen LogP contribution is 2.40. The van der Waals surface area contributed by atoms with Crippen LogP contribution < -0.4 is 9.47 Å². The van der Waals surface area contributed by atoms with Gasteiger partial charge in [0.25, 0.3) is 0 Å². The minimum absolute atomic E-state index is 0.0377. The Morgan fingerprint density at radius 3 is 2.56 bits per heavy atom. The molecule has 0 spiro atoms. The summed E-state index contributed by atoms with van der Waals surface area (Å²) in [5.41, 5.74) is 0.691. The van der Waals surface area contributed by atoms with E-state index in [-0.39, 0.29) is 11.1 Å². The van der Waals surface area contributed by atoms with Crippen LogP contribution in [0.1, 0.15) is 18.1 Å². The second-order valence-electron chi connectivity index (χ2n) is 5.52. The van der Waals surface area contributed by atoms with Crippen molar-refractivity contribution >= 4 is 11.8 Å². The Morgan fingerprint density at radius 1 is 1.00 bits per heavy atom. The number of halogens is 1. The minimum Gasteiger partial charge on any atom is -0.486 e. The standard InChI is InChI=1S/C18H15FN2O3S/c1-11(25-14-6-7-15-16(10-14)23-9-8-22-15)17-20-21-18(24-17)12-2-4-13(19)5-3-12/h2-7,10-11H,8-9H2,1H3/t11-/m0/s1. The van der Waals surface area contributed by atoms with Gasteiger partial charge in [0, 0.05) is 10.5 Å². The van der Waals surface area contributed by atoms with Gasteiger partial charge in [-0.3, -0.25) is 0 Å². The van der Waals surface area contributed by atoms with Crippen LogP contribution in [0.2, 0.25) is 0 Å².